The molecule has 2 N–H and O–H groups in total. The van der Waals surface area contributed by atoms with Crippen molar-refractivity contribution >= 4 is 11.6 Å². The molecule has 0 aliphatic carbocycles. The molecule has 2 heterocycles. The Balaban J connectivity index is 1.70. The third kappa shape index (κ3) is 2.64. The molecule has 1 aliphatic rings. The molecule has 0 radical (unpaired) electrons. The zero-order chi connectivity index (χ0) is 13.9. The van der Waals surface area contributed by atoms with Gasteiger partial charge in [0.2, 0.25) is 12.7 Å². The second-order valence-corrected chi connectivity index (χ2v) is 4.67. The Morgan fingerprint density at radius 2 is 2.05 bits per heavy atom. The minimum atomic E-state index is 0.262. The number of rotatable bonds is 4. The highest BCUT2D eigenvalue weighted by molar-refractivity contribution is 6.31. The van der Waals surface area contributed by atoms with Crippen LogP contribution < -0.4 is 19.9 Å². The molecule has 0 fully saturated rings. The Morgan fingerprint density at radius 3 is 2.90 bits per heavy atom. The molecule has 5 nitrogen and oxygen atoms in total. The quantitative estimate of drug-likeness (QED) is 0.938. The van der Waals surface area contributed by atoms with Crippen LogP contribution in [0.4, 0.5) is 0 Å². The summed E-state index contributed by atoms with van der Waals surface area (Å²) in [7, 11) is 0. The summed E-state index contributed by atoms with van der Waals surface area (Å²) in [6.45, 7) is 0.924. The molecular weight excluding hydrogens is 280 g/mol. The SMILES string of the molecule is NCc1nc(OCc2ccc3c(c2)OCO3)ccc1Cl. The lowest BCUT2D eigenvalue weighted by molar-refractivity contribution is 0.174. The highest BCUT2D eigenvalue weighted by Gasteiger charge is 2.13. The Kier molecular flexibility index (Phi) is 3.62. The summed E-state index contributed by atoms with van der Waals surface area (Å²) in [6.07, 6.45) is 0. The summed E-state index contributed by atoms with van der Waals surface area (Å²) in [5, 5.41) is 0.544. The van der Waals surface area contributed by atoms with Crippen LogP contribution in [0, 0.1) is 0 Å². The van der Waals surface area contributed by atoms with Gasteiger partial charge in [0.1, 0.15) is 6.61 Å². The number of ether oxygens (including phenoxy) is 3. The summed E-state index contributed by atoms with van der Waals surface area (Å²) in [5.74, 6) is 1.98. The lowest BCUT2D eigenvalue weighted by atomic mass is 10.2. The third-order valence-electron chi connectivity index (χ3n) is 2.91. The van der Waals surface area contributed by atoms with Crippen LogP contribution in [0.25, 0.3) is 0 Å². The Bertz CT molecular complexity index is 623. The summed E-state index contributed by atoms with van der Waals surface area (Å²) in [6, 6.07) is 9.12. The largest absolute Gasteiger partial charge is 0.473 e. The first kappa shape index (κ1) is 13.0. The fourth-order valence-corrected chi connectivity index (χ4v) is 2.06. The number of benzene rings is 1. The molecule has 0 spiro atoms. The molecule has 2 aromatic rings. The van der Waals surface area contributed by atoms with E-state index in [1.54, 1.807) is 12.1 Å². The van der Waals surface area contributed by atoms with Crippen LogP contribution in [-0.2, 0) is 13.2 Å². The van der Waals surface area contributed by atoms with Gasteiger partial charge in [0, 0.05) is 12.6 Å². The van der Waals surface area contributed by atoms with Crippen LogP contribution in [0.1, 0.15) is 11.3 Å². The Hall–Kier alpha value is -1.98. The van der Waals surface area contributed by atoms with Crippen molar-refractivity contribution in [1.29, 1.82) is 0 Å². The minimum Gasteiger partial charge on any atom is -0.473 e. The van der Waals surface area contributed by atoms with E-state index < -0.39 is 0 Å². The zero-order valence-corrected chi connectivity index (χ0v) is 11.4. The van der Waals surface area contributed by atoms with Gasteiger partial charge in [0.15, 0.2) is 11.5 Å². The van der Waals surface area contributed by atoms with E-state index >= 15 is 0 Å². The van der Waals surface area contributed by atoms with E-state index in [0.29, 0.717) is 23.2 Å². The number of fused-ring (bicyclic) bond motifs is 1. The average molecular weight is 293 g/mol. The first-order chi connectivity index (χ1) is 9.76. The standard InChI is InChI=1S/C14H13ClN2O3/c15-10-2-4-14(17-11(10)6-16)18-7-9-1-3-12-13(5-9)20-8-19-12/h1-5H,6-8,16H2. The Morgan fingerprint density at radius 1 is 1.20 bits per heavy atom. The van der Waals surface area contributed by atoms with Gasteiger partial charge in [-0.15, -0.1) is 0 Å². The topological polar surface area (TPSA) is 66.6 Å². The van der Waals surface area contributed by atoms with Gasteiger partial charge in [-0.3, -0.25) is 0 Å². The average Bonchev–Trinajstić information content (AvgIpc) is 2.94. The van der Waals surface area contributed by atoms with Crippen LogP contribution >= 0.6 is 11.6 Å². The maximum atomic E-state index is 5.95. The molecule has 20 heavy (non-hydrogen) atoms. The molecule has 1 aromatic heterocycles. The molecular formula is C14H13ClN2O3. The van der Waals surface area contributed by atoms with Crippen LogP contribution in [0.3, 0.4) is 0 Å². The summed E-state index contributed by atoms with van der Waals surface area (Å²) < 4.78 is 16.2. The molecule has 3 rings (SSSR count). The van der Waals surface area contributed by atoms with Crippen molar-refractivity contribution in [3.05, 3.63) is 46.6 Å². The molecule has 1 aliphatic heterocycles. The lowest BCUT2D eigenvalue weighted by Crippen LogP contribution is -2.03. The van der Waals surface area contributed by atoms with Crippen LogP contribution in [0.5, 0.6) is 17.4 Å². The second kappa shape index (κ2) is 5.56. The predicted molar refractivity (Wildman–Crippen MR) is 74.0 cm³/mol. The van der Waals surface area contributed by atoms with Crippen LogP contribution in [0.15, 0.2) is 30.3 Å². The van der Waals surface area contributed by atoms with Crippen molar-refractivity contribution in [3.8, 4) is 17.4 Å². The van der Waals surface area contributed by atoms with Crippen LogP contribution in [-0.4, -0.2) is 11.8 Å². The van der Waals surface area contributed by atoms with Crippen molar-refractivity contribution in [2.75, 3.05) is 6.79 Å². The fourth-order valence-electron chi connectivity index (χ4n) is 1.88. The van der Waals surface area contributed by atoms with Gasteiger partial charge in [-0.05, 0) is 23.8 Å². The number of pyridine rings is 1. The number of nitrogens with two attached hydrogens (primary N) is 1. The lowest BCUT2D eigenvalue weighted by Gasteiger charge is -2.08. The van der Waals surface area contributed by atoms with Crippen molar-refractivity contribution in [3.63, 3.8) is 0 Å². The van der Waals surface area contributed by atoms with Gasteiger partial charge in [0.25, 0.3) is 0 Å². The van der Waals surface area contributed by atoms with E-state index in [0.717, 1.165) is 17.1 Å². The zero-order valence-electron chi connectivity index (χ0n) is 10.6. The number of aromatic nitrogens is 1. The maximum Gasteiger partial charge on any atom is 0.231 e. The van der Waals surface area contributed by atoms with E-state index in [9.17, 15) is 0 Å². The van der Waals surface area contributed by atoms with E-state index in [1.165, 1.54) is 0 Å². The van der Waals surface area contributed by atoms with Crippen molar-refractivity contribution < 1.29 is 14.2 Å². The molecule has 0 unspecified atom stereocenters. The minimum absolute atomic E-state index is 0.262. The first-order valence-corrected chi connectivity index (χ1v) is 6.51. The Labute approximate surface area is 121 Å². The van der Waals surface area contributed by atoms with Crippen molar-refractivity contribution in [2.24, 2.45) is 5.73 Å². The van der Waals surface area contributed by atoms with Gasteiger partial charge in [-0.2, -0.15) is 0 Å². The summed E-state index contributed by atoms with van der Waals surface area (Å²) >= 11 is 5.95. The fraction of sp³-hybridized carbons (Fsp3) is 0.214. The number of halogens is 1. The van der Waals surface area contributed by atoms with E-state index in [4.69, 9.17) is 31.5 Å². The third-order valence-corrected chi connectivity index (χ3v) is 3.25. The molecule has 1 aromatic carbocycles. The normalized spacial score (nSPS) is 12.5. The monoisotopic (exact) mass is 292 g/mol. The molecule has 104 valence electrons. The van der Waals surface area contributed by atoms with Gasteiger partial charge < -0.3 is 19.9 Å². The van der Waals surface area contributed by atoms with Gasteiger partial charge in [0.05, 0.1) is 10.7 Å². The predicted octanol–water partition coefficient (Wildman–Crippen LogP) is 2.50. The van der Waals surface area contributed by atoms with Gasteiger partial charge >= 0.3 is 0 Å². The summed E-state index contributed by atoms with van der Waals surface area (Å²) in [4.78, 5) is 4.24. The maximum absolute atomic E-state index is 5.95. The highest BCUT2D eigenvalue weighted by Crippen LogP contribution is 2.32. The van der Waals surface area contributed by atoms with Crippen molar-refractivity contribution in [1.82, 2.24) is 4.98 Å². The van der Waals surface area contributed by atoms with Gasteiger partial charge in [-0.25, -0.2) is 4.98 Å². The smallest absolute Gasteiger partial charge is 0.231 e. The number of nitrogens with zero attached hydrogens (tertiary/aromatic N) is 1. The van der Waals surface area contributed by atoms with Crippen molar-refractivity contribution in [2.45, 2.75) is 13.2 Å². The molecule has 0 amide bonds. The molecule has 0 bridgehead atoms. The number of hydrogen-bond acceptors (Lipinski definition) is 5. The molecule has 0 saturated carbocycles. The van der Waals surface area contributed by atoms with Gasteiger partial charge in [-0.1, -0.05) is 17.7 Å². The molecule has 0 saturated heterocycles. The highest BCUT2D eigenvalue weighted by atomic mass is 35.5. The number of hydrogen-bond donors (Lipinski definition) is 1. The molecule has 6 heteroatoms. The van der Waals surface area contributed by atoms with E-state index in [-0.39, 0.29) is 13.3 Å². The van der Waals surface area contributed by atoms with E-state index in [1.807, 2.05) is 18.2 Å². The first-order valence-electron chi connectivity index (χ1n) is 6.13. The molecule has 0 atom stereocenters. The summed E-state index contributed by atoms with van der Waals surface area (Å²) in [5.41, 5.74) is 7.15. The van der Waals surface area contributed by atoms with E-state index in [2.05, 4.69) is 4.98 Å². The second-order valence-electron chi connectivity index (χ2n) is 4.26. The van der Waals surface area contributed by atoms with Crippen LogP contribution in [0.2, 0.25) is 5.02 Å².